The highest BCUT2D eigenvalue weighted by Crippen LogP contribution is 2.18. The Hall–Kier alpha value is -2.50. The van der Waals surface area contributed by atoms with Crippen molar-refractivity contribution in [2.75, 3.05) is 0 Å². The fourth-order valence-corrected chi connectivity index (χ4v) is 1.19. The molecular formula is C11H10N2O4. The molecule has 0 unspecified atom stereocenters. The van der Waals surface area contributed by atoms with Gasteiger partial charge in [0.1, 0.15) is 0 Å². The van der Waals surface area contributed by atoms with Gasteiger partial charge in [-0.05, 0) is 24.1 Å². The largest absolute Gasteiger partial charge is 0.295 e. The molecule has 0 fully saturated rings. The zero-order chi connectivity index (χ0) is 12.8. The van der Waals surface area contributed by atoms with Crippen LogP contribution in [0.4, 0.5) is 5.69 Å². The molecule has 0 radical (unpaired) electrons. The second-order valence-electron chi connectivity index (χ2n) is 3.26. The Balaban J connectivity index is 2.97. The third-order valence-corrected chi connectivity index (χ3v) is 2.09. The molecule has 6 nitrogen and oxygen atoms in total. The molecule has 0 saturated heterocycles. The average molecular weight is 234 g/mol. The number of rotatable bonds is 4. The van der Waals surface area contributed by atoms with Gasteiger partial charge in [-0.25, -0.2) is 0 Å². The Morgan fingerprint density at radius 1 is 1.47 bits per heavy atom. The molecule has 0 spiro atoms. The summed E-state index contributed by atoms with van der Waals surface area (Å²) < 4.78 is 0. The van der Waals surface area contributed by atoms with E-state index >= 15 is 0 Å². The minimum Gasteiger partial charge on any atom is -0.295 e. The predicted molar refractivity (Wildman–Crippen MR) is 61.1 cm³/mol. The van der Waals surface area contributed by atoms with Crippen molar-refractivity contribution >= 4 is 24.1 Å². The van der Waals surface area contributed by atoms with Crippen LogP contribution in [-0.2, 0) is 9.59 Å². The van der Waals surface area contributed by atoms with E-state index in [9.17, 15) is 19.7 Å². The molecule has 0 heterocycles. The highest BCUT2D eigenvalue weighted by Gasteiger charge is 2.06. The minimum atomic E-state index is -0.578. The summed E-state index contributed by atoms with van der Waals surface area (Å²) in [5, 5.41) is 12.5. The van der Waals surface area contributed by atoms with Gasteiger partial charge in [0.15, 0.2) is 0 Å². The van der Waals surface area contributed by atoms with E-state index in [-0.39, 0.29) is 12.1 Å². The molecule has 0 aliphatic carbocycles. The van der Waals surface area contributed by atoms with Crippen LogP contribution in [0.2, 0.25) is 0 Å². The Kier molecular flexibility index (Phi) is 4.10. The second-order valence-corrected chi connectivity index (χ2v) is 3.26. The van der Waals surface area contributed by atoms with Crippen LogP contribution in [0, 0.1) is 17.0 Å². The van der Waals surface area contributed by atoms with Crippen LogP contribution in [0.25, 0.3) is 6.08 Å². The molecule has 1 N–H and O–H groups in total. The number of carbonyl (C=O) groups is 2. The third-order valence-electron chi connectivity index (χ3n) is 2.09. The number of non-ortho nitro benzene ring substituents is 1. The summed E-state index contributed by atoms with van der Waals surface area (Å²) in [6, 6.07) is 4.34. The lowest BCUT2D eigenvalue weighted by Gasteiger charge is -1.99. The number of imide groups is 1. The van der Waals surface area contributed by atoms with Gasteiger partial charge < -0.3 is 0 Å². The first-order valence-electron chi connectivity index (χ1n) is 4.72. The van der Waals surface area contributed by atoms with Crippen LogP contribution in [-0.4, -0.2) is 17.2 Å². The summed E-state index contributed by atoms with van der Waals surface area (Å²) in [5.41, 5.74) is 1.30. The summed E-state index contributed by atoms with van der Waals surface area (Å²) >= 11 is 0. The lowest BCUT2D eigenvalue weighted by atomic mass is 10.1. The second kappa shape index (κ2) is 5.55. The van der Waals surface area contributed by atoms with Crippen molar-refractivity contribution in [1.82, 2.24) is 5.32 Å². The monoisotopic (exact) mass is 234 g/mol. The molecule has 1 aromatic carbocycles. The smallest absolute Gasteiger partial charge is 0.270 e. The molecule has 1 aromatic rings. The lowest BCUT2D eigenvalue weighted by Crippen LogP contribution is -2.17. The molecule has 0 atom stereocenters. The van der Waals surface area contributed by atoms with Gasteiger partial charge in [0.05, 0.1) is 4.92 Å². The quantitative estimate of drug-likeness (QED) is 0.366. The zero-order valence-electron chi connectivity index (χ0n) is 9.04. The van der Waals surface area contributed by atoms with Gasteiger partial charge in [-0.1, -0.05) is 6.07 Å². The maximum absolute atomic E-state index is 11.0. The molecule has 2 amide bonds. The zero-order valence-corrected chi connectivity index (χ0v) is 9.04. The average Bonchev–Trinajstić information content (AvgIpc) is 2.28. The fraction of sp³-hybridized carbons (Fsp3) is 0.0909. The van der Waals surface area contributed by atoms with E-state index in [1.807, 2.05) is 5.32 Å². The molecule has 0 aromatic heterocycles. The van der Waals surface area contributed by atoms with Crippen molar-refractivity contribution < 1.29 is 14.5 Å². The van der Waals surface area contributed by atoms with Gasteiger partial charge in [0.25, 0.3) is 5.69 Å². The summed E-state index contributed by atoms with van der Waals surface area (Å²) in [6.45, 7) is 1.76. The lowest BCUT2D eigenvalue weighted by molar-refractivity contribution is -0.384. The minimum absolute atomic E-state index is 0.0500. The number of hydrogen-bond acceptors (Lipinski definition) is 4. The summed E-state index contributed by atoms with van der Waals surface area (Å²) in [4.78, 5) is 31.0. The molecule has 6 heteroatoms. The molecule has 17 heavy (non-hydrogen) atoms. The van der Waals surface area contributed by atoms with Gasteiger partial charge in [-0.15, -0.1) is 0 Å². The standard InChI is InChI=1S/C11H10N2O4/c1-8-2-4-10(13(16)17)6-9(8)3-5-11(15)12-7-14/h2-7H,1H3,(H,12,14,15)/b5-3-. The van der Waals surface area contributed by atoms with Crippen molar-refractivity contribution in [2.45, 2.75) is 6.92 Å². The van der Waals surface area contributed by atoms with Crippen LogP contribution in [0.3, 0.4) is 0 Å². The first kappa shape index (κ1) is 12.6. The first-order chi connectivity index (χ1) is 8.04. The van der Waals surface area contributed by atoms with E-state index in [1.165, 1.54) is 18.2 Å². The Morgan fingerprint density at radius 3 is 2.76 bits per heavy atom. The molecule has 0 aliphatic heterocycles. The molecule has 1 rings (SSSR count). The Bertz CT molecular complexity index is 494. The maximum atomic E-state index is 11.0. The van der Waals surface area contributed by atoms with Crippen molar-refractivity contribution in [3.05, 3.63) is 45.5 Å². The molecule has 0 saturated carbocycles. The van der Waals surface area contributed by atoms with Gasteiger partial charge in [0.2, 0.25) is 12.3 Å². The first-order valence-corrected chi connectivity index (χ1v) is 4.72. The van der Waals surface area contributed by atoms with Crippen molar-refractivity contribution in [3.8, 4) is 0 Å². The van der Waals surface area contributed by atoms with Crippen LogP contribution < -0.4 is 5.32 Å². The normalized spacial score (nSPS) is 10.2. The molecule has 88 valence electrons. The number of carbonyl (C=O) groups excluding carboxylic acids is 2. The number of nitrogens with one attached hydrogen (secondary N) is 1. The van der Waals surface area contributed by atoms with E-state index in [4.69, 9.17) is 0 Å². The van der Waals surface area contributed by atoms with E-state index in [1.54, 1.807) is 13.0 Å². The maximum Gasteiger partial charge on any atom is 0.270 e. The van der Waals surface area contributed by atoms with Crippen LogP contribution in [0.5, 0.6) is 0 Å². The number of hydrogen-bond donors (Lipinski definition) is 1. The van der Waals surface area contributed by atoms with E-state index in [2.05, 4.69) is 0 Å². The van der Waals surface area contributed by atoms with Gasteiger partial charge in [0, 0.05) is 18.2 Å². The molecular weight excluding hydrogens is 224 g/mol. The molecule has 0 bridgehead atoms. The van der Waals surface area contributed by atoms with Gasteiger partial charge in [-0.2, -0.15) is 0 Å². The highest BCUT2D eigenvalue weighted by molar-refractivity contribution is 5.97. The van der Waals surface area contributed by atoms with Crippen molar-refractivity contribution in [1.29, 1.82) is 0 Å². The van der Waals surface area contributed by atoms with E-state index < -0.39 is 10.8 Å². The van der Waals surface area contributed by atoms with Crippen molar-refractivity contribution in [3.63, 3.8) is 0 Å². The number of amides is 2. The van der Waals surface area contributed by atoms with Crippen LogP contribution >= 0.6 is 0 Å². The van der Waals surface area contributed by atoms with Gasteiger partial charge >= 0.3 is 0 Å². The Labute approximate surface area is 97.1 Å². The topological polar surface area (TPSA) is 89.3 Å². The number of nitrogens with zero attached hydrogens (tertiary/aromatic N) is 1. The number of nitro benzene ring substituents is 1. The number of benzene rings is 1. The number of aryl methyl sites for hydroxylation is 1. The third kappa shape index (κ3) is 3.53. The Morgan fingerprint density at radius 2 is 2.18 bits per heavy atom. The molecule has 0 aliphatic rings. The summed E-state index contributed by atoms with van der Waals surface area (Å²) in [6.07, 6.45) is 2.83. The van der Waals surface area contributed by atoms with Crippen molar-refractivity contribution in [2.24, 2.45) is 0 Å². The summed E-state index contributed by atoms with van der Waals surface area (Å²) in [7, 11) is 0. The van der Waals surface area contributed by atoms with Gasteiger partial charge in [-0.3, -0.25) is 25.0 Å². The predicted octanol–water partition coefficient (Wildman–Crippen LogP) is 1.19. The fourth-order valence-electron chi connectivity index (χ4n) is 1.19. The van der Waals surface area contributed by atoms with E-state index in [0.29, 0.717) is 5.56 Å². The SMILES string of the molecule is Cc1ccc([N+](=O)[O-])cc1/C=C\C(=O)NC=O. The van der Waals surface area contributed by atoms with Crippen LogP contribution in [0.15, 0.2) is 24.3 Å². The summed E-state index contributed by atoms with van der Waals surface area (Å²) in [5.74, 6) is -0.578. The van der Waals surface area contributed by atoms with Crippen LogP contribution in [0.1, 0.15) is 11.1 Å². The number of nitro groups is 1. The highest BCUT2D eigenvalue weighted by atomic mass is 16.6. The van der Waals surface area contributed by atoms with E-state index in [0.717, 1.165) is 11.6 Å².